The first-order valence-electron chi connectivity index (χ1n) is 5.91. The molecule has 0 radical (unpaired) electrons. The van der Waals surface area contributed by atoms with Crippen LogP contribution in [0.2, 0.25) is 0 Å². The van der Waals surface area contributed by atoms with E-state index in [1.54, 1.807) is 0 Å². The van der Waals surface area contributed by atoms with Crippen LogP contribution in [0.3, 0.4) is 0 Å². The lowest BCUT2D eigenvalue weighted by atomic mass is 9.94. The van der Waals surface area contributed by atoms with Crippen LogP contribution in [-0.4, -0.2) is 25.0 Å². The lowest BCUT2D eigenvalue weighted by molar-refractivity contribution is 0.271. The van der Waals surface area contributed by atoms with Crippen LogP contribution in [-0.2, 0) is 0 Å². The molecule has 0 saturated heterocycles. The van der Waals surface area contributed by atoms with Gasteiger partial charge in [-0.1, -0.05) is 23.8 Å². The fourth-order valence-electron chi connectivity index (χ4n) is 2.09. The van der Waals surface area contributed by atoms with Crippen molar-refractivity contribution in [2.75, 3.05) is 14.1 Å². The lowest BCUT2D eigenvalue weighted by Crippen LogP contribution is -2.28. The van der Waals surface area contributed by atoms with Crippen molar-refractivity contribution in [1.82, 2.24) is 4.90 Å². The monoisotopic (exact) mass is 220 g/mol. The molecule has 0 amide bonds. The van der Waals surface area contributed by atoms with Crippen molar-refractivity contribution in [3.05, 3.63) is 34.9 Å². The topological polar surface area (TPSA) is 29.3 Å². The minimum Gasteiger partial charge on any atom is -0.328 e. The number of nitrogens with two attached hydrogens (primary N) is 1. The van der Waals surface area contributed by atoms with Gasteiger partial charge in [0.15, 0.2) is 0 Å². The van der Waals surface area contributed by atoms with E-state index < -0.39 is 0 Å². The Balaban J connectivity index is 3.05. The standard InChI is InChI=1S/C14H24N2/c1-10-6-7-11(2)13(8-10)14(16(4)5)9-12(3)15/h6-8,12,14H,9,15H2,1-5H3. The highest BCUT2D eigenvalue weighted by molar-refractivity contribution is 5.33. The van der Waals surface area contributed by atoms with Crippen LogP contribution in [0.4, 0.5) is 0 Å². The number of hydrogen-bond acceptors (Lipinski definition) is 2. The molecule has 90 valence electrons. The van der Waals surface area contributed by atoms with Crippen molar-refractivity contribution < 1.29 is 0 Å². The van der Waals surface area contributed by atoms with E-state index in [1.807, 2.05) is 0 Å². The highest BCUT2D eigenvalue weighted by atomic mass is 15.1. The molecule has 2 nitrogen and oxygen atoms in total. The van der Waals surface area contributed by atoms with Gasteiger partial charge in [0.2, 0.25) is 0 Å². The normalized spacial score (nSPS) is 15.2. The molecule has 2 unspecified atom stereocenters. The summed E-state index contributed by atoms with van der Waals surface area (Å²) in [6.07, 6.45) is 0.997. The second-order valence-corrected chi connectivity index (χ2v) is 5.05. The highest BCUT2D eigenvalue weighted by Crippen LogP contribution is 2.26. The van der Waals surface area contributed by atoms with E-state index in [-0.39, 0.29) is 6.04 Å². The number of nitrogens with zero attached hydrogens (tertiary/aromatic N) is 1. The van der Waals surface area contributed by atoms with Gasteiger partial charge in [-0.2, -0.15) is 0 Å². The number of aryl methyl sites for hydroxylation is 2. The number of rotatable bonds is 4. The van der Waals surface area contributed by atoms with E-state index in [2.05, 4.69) is 58.0 Å². The maximum atomic E-state index is 5.93. The molecule has 0 heterocycles. The fourth-order valence-corrected chi connectivity index (χ4v) is 2.09. The summed E-state index contributed by atoms with van der Waals surface area (Å²) in [6, 6.07) is 7.29. The first kappa shape index (κ1) is 13.2. The van der Waals surface area contributed by atoms with E-state index in [0.717, 1.165) is 6.42 Å². The molecule has 1 rings (SSSR count). The molecule has 0 spiro atoms. The van der Waals surface area contributed by atoms with Crippen molar-refractivity contribution in [3.8, 4) is 0 Å². The van der Waals surface area contributed by atoms with Crippen LogP contribution >= 0.6 is 0 Å². The van der Waals surface area contributed by atoms with E-state index in [9.17, 15) is 0 Å². The number of hydrogen-bond donors (Lipinski definition) is 1. The van der Waals surface area contributed by atoms with Crippen molar-refractivity contribution >= 4 is 0 Å². The third kappa shape index (κ3) is 3.32. The zero-order valence-corrected chi connectivity index (χ0v) is 11.1. The molecular weight excluding hydrogens is 196 g/mol. The lowest BCUT2D eigenvalue weighted by Gasteiger charge is -2.28. The Labute approximate surface area is 99.5 Å². The summed E-state index contributed by atoms with van der Waals surface area (Å²) in [5, 5.41) is 0. The van der Waals surface area contributed by atoms with Gasteiger partial charge in [-0.25, -0.2) is 0 Å². The third-order valence-electron chi connectivity index (χ3n) is 3.01. The molecule has 0 aliphatic rings. The van der Waals surface area contributed by atoms with Gasteiger partial charge in [-0.15, -0.1) is 0 Å². The average molecular weight is 220 g/mol. The second-order valence-electron chi connectivity index (χ2n) is 5.05. The second kappa shape index (κ2) is 5.46. The quantitative estimate of drug-likeness (QED) is 0.845. The van der Waals surface area contributed by atoms with E-state index in [4.69, 9.17) is 5.73 Å². The molecule has 0 fully saturated rings. The minimum atomic E-state index is 0.229. The Bertz CT molecular complexity index is 343. The predicted molar refractivity (Wildman–Crippen MR) is 70.6 cm³/mol. The number of benzene rings is 1. The van der Waals surface area contributed by atoms with Crippen molar-refractivity contribution in [3.63, 3.8) is 0 Å². The molecular formula is C14H24N2. The van der Waals surface area contributed by atoms with E-state index >= 15 is 0 Å². The third-order valence-corrected chi connectivity index (χ3v) is 3.01. The first-order valence-corrected chi connectivity index (χ1v) is 5.91. The van der Waals surface area contributed by atoms with Gasteiger partial charge in [0, 0.05) is 12.1 Å². The molecule has 1 aromatic carbocycles. The van der Waals surface area contributed by atoms with Gasteiger partial charge in [-0.3, -0.25) is 0 Å². The van der Waals surface area contributed by atoms with Crippen LogP contribution in [0, 0.1) is 13.8 Å². The van der Waals surface area contributed by atoms with Crippen LogP contribution < -0.4 is 5.73 Å². The Kier molecular flexibility index (Phi) is 4.51. The smallest absolute Gasteiger partial charge is 0.0359 e. The summed E-state index contributed by atoms with van der Waals surface area (Å²) < 4.78 is 0. The molecule has 16 heavy (non-hydrogen) atoms. The maximum Gasteiger partial charge on any atom is 0.0359 e. The molecule has 2 atom stereocenters. The molecule has 1 aromatic rings. The van der Waals surface area contributed by atoms with Gasteiger partial charge in [0.25, 0.3) is 0 Å². The first-order chi connectivity index (χ1) is 7.41. The summed E-state index contributed by atoms with van der Waals surface area (Å²) in [5.74, 6) is 0. The van der Waals surface area contributed by atoms with Gasteiger partial charge < -0.3 is 10.6 Å². The average Bonchev–Trinajstić information content (AvgIpc) is 2.18. The van der Waals surface area contributed by atoms with Crippen LogP contribution in [0.1, 0.15) is 36.1 Å². The molecule has 0 aliphatic heterocycles. The Morgan fingerprint density at radius 1 is 1.25 bits per heavy atom. The molecule has 0 aliphatic carbocycles. The van der Waals surface area contributed by atoms with Crippen molar-refractivity contribution in [1.29, 1.82) is 0 Å². The highest BCUT2D eigenvalue weighted by Gasteiger charge is 2.17. The summed E-state index contributed by atoms with van der Waals surface area (Å²) in [5.41, 5.74) is 10.0. The van der Waals surface area contributed by atoms with Crippen LogP contribution in [0.15, 0.2) is 18.2 Å². The van der Waals surface area contributed by atoms with E-state index in [0.29, 0.717) is 6.04 Å². The zero-order valence-electron chi connectivity index (χ0n) is 11.1. The van der Waals surface area contributed by atoms with Gasteiger partial charge in [-0.05, 0) is 52.4 Å². The van der Waals surface area contributed by atoms with Gasteiger partial charge in [0.05, 0.1) is 0 Å². The largest absolute Gasteiger partial charge is 0.328 e. The minimum absolute atomic E-state index is 0.229. The Morgan fingerprint density at radius 2 is 1.88 bits per heavy atom. The molecule has 0 bridgehead atoms. The predicted octanol–water partition coefficient (Wildman–Crippen LogP) is 2.64. The van der Waals surface area contributed by atoms with Crippen LogP contribution in [0.25, 0.3) is 0 Å². The van der Waals surface area contributed by atoms with E-state index in [1.165, 1.54) is 16.7 Å². The summed E-state index contributed by atoms with van der Waals surface area (Å²) in [6.45, 7) is 6.38. The Morgan fingerprint density at radius 3 is 2.38 bits per heavy atom. The summed E-state index contributed by atoms with van der Waals surface area (Å²) in [7, 11) is 4.24. The SMILES string of the molecule is Cc1ccc(C)c(C(CC(C)N)N(C)C)c1. The van der Waals surface area contributed by atoms with Crippen molar-refractivity contribution in [2.24, 2.45) is 5.73 Å². The van der Waals surface area contributed by atoms with Gasteiger partial charge >= 0.3 is 0 Å². The molecule has 0 aromatic heterocycles. The zero-order chi connectivity index (χ0) is 12.3. The molecule has 2 N–H and O–H groups in total. The van der Waals surface area contributed by atoms with Gasteiger partial charge in [0.1, 0.15) is 0 Å². The maximum absolute atomic E-state index is 5.93. The fraction of sp³-hybridized carbons (Fsp3) is 0.571. The summed E-state index contributed by atoms with van der Waals surface area (Å²) in [4.78, 5) is 2.26. The molecule has 0 saturated carbocycles. The molecule has 2 heteroatoms. The summed E-state index contributed by atoms with van der Waals surface area (Å²) >= 11 is 0. The van der Waals surface area contributed by atoms with Crippen LogP contribution in [0.5, 0.6) is 0 Å². The Hall–Kier alpha value is -0.860. The van der Waals surface area contributed by atoms with Crippen molar-refractivity contribution in [2.45, 2.75) is 39.3 Å².